The van der Waals surface area contributed by atoms with Gasteiger partial charge in [-0.05, 0) is 46.0 Å². The smallest absolute Gasteiger partial charge is 0.211 e. The van der Waals surface area contributed by atoms with E-state index in [9.17, 15) is 4.79 Å². The number of pyridine rings is 1. The summed E-state index contributed by atoms with van der Waals surface area (Å²) in [7, 11) is 0. The number of fused-ring (bicyclic) bond motifs is 2. The molecule has 0 radical (unpaired) electrons. The van der Waals surface area contributed by atoms with Crippen molar-refractivity contribution in [3.05, 3.63) is 63.4 Å². The highest BCUT2D eigenvalue weighted by Gasteiger charge is 2.21. The molecule has 17 heavy (non-hydrogen) atoms. The highest BCUT2D eigenvalue weighted by molar-refractivity contribution is 9.10. The fourth-order valence-corrected chi connectivity index (χ4v) is 2.61. The molecule has 1 aliphatic carbocycles. The van der Waals surface area contributed by atoms with Gasteiger partial charge in [0.05, 0.1) is 0 Å². The van der Waals surface area contributed by atoms with E-state index in [4.69, 9.17) is 0 Å². The van der Waals surface area contributed by atoms with Gasteiger partial charge in [-0.25, -0.2) is 0 Å². The normalized spacial score (nSPS) is 13.8. The molecule has 0 atom stereocenters. The molecule has 2 nitrogen and oxygen atoms in total. The third kappa shape index (κ3) is 1.80. The van der Waals surface area contributed by atoms with Gasteiger partial charge in [-0.3, -0.25) is 9.78 Å². The summed E-state index contributed by atoms with van der Waals surface area (Å²) in [5.74, 6) is 0.0422. The molecule has 0 aliphatic heterocycles. The van der Waals surface area contributed by atoms with E-state index < -0.39 is 0 Å². The Morgan fingerprint density at radius 2 is 1.88 bits per heavy atom. The van der Waals surface area contributed by atoms with E-state index >= 15 is 0 Å². The van der Waals surface area contributed by atoms with E-state index in [1.165, 1.54) is 0 Å². The maximum Gasteiger partial charge on any atom is 0.211 e. The Balaban J connectivity index is 2.20. The SMILES string of the molecule is O=C1c2ccccc2CCc2cc(Br)cnc21. The van der Waals surface area contributed by atoms with Crippen LogP contribution in [0, 0.1) is 0 Å². The quantitative estimate of drug-likeness (QED) is 0.745. The second kappa shape index (κ2) is 4.08. The van der Waals surface area contributed by atoms with Crippen molar-refractivity contribution in [2.45, 2.75) is 12.8 Å². The van der Waals surface area contributed by atoms with E-state index in [1.807, 2.05) is 30.3 Å². The number of ketones is 1. The Kier molecular flexibility index (Phi) is 2.56. The van der Waals surface area contributed by atoms with Crippen LogP contribution in [-0.2, 0) is 12.8 Å². The number of nitrogens with zero attached hydrogens (tertiary/aromatic N) is 1. The van der Waals surface area contributed by atoms with E-state index in [0.29, 0.717) is 5.69 Å². The number of rotatable bonds is 0. The summed E-state index contributed by atoms with van der Waals surface area (Å²) in [4.78, 5) is 16.6. The highest BCUT2D eigenvalue weighted by atomic mass is 79.9. The molecular formula is C14H10BrNO. The molecule has 0 saturated heterocycles. The van der Waals surface area contributed by atoms with Gasteiger partial charge in [-0.2, -0.15) is 0 Å². The lowest BCUT2D eigenvalue weighted by Gasteiger charge is -2.03. The van der Waals surface area contributed by atoms with Gasteiger partial charge in [0.2, 0.25) is 5.78 Å². The molecule has 1 aliphatic rings. The first-order valence-electron chi connectivity index (χ1n) is 5.53. The van der Waals surface area contributed by atoms with Gasteiger partial charge in [0, 0.05) is 16.2 Å². The van der Waals surface area contributed by atoms with E-state index in [0.717, 1.165) is 34.0 Å². The maximum absolute atomic E-state index is 12.4. The van der Waals surface area contributed by atoms with Crippen LogP contribution in [-0.4, -0.2) is 10.8 Å². The summed E-state index contributed by atoms with van der Waals surface area (Å²) in [5.41, 5.74) is 3.53. The number of benzene rings is 1. The average Bonchev–Trinajstić information content (AvgIpc) is 2.48. The van der Waals surface area contributed by atoms with E-state index in [-0.39, 0.29) is 5.78 Å². The number of hydrogen-bond acceptors (Lipinski definition) is 2. The Hall–Kier alpha value is -1.48. The van der Waals surface area contributed by atoms with Crippen LogP contribution >= 0.6 is 15.9 Å². The third-order valence-corrected chi connectivity index (χ3v) is 3.51. The molecule has 0 fully saturated rings. The van der Waals surface area contributed by atoms with Crippen molar-refractivity contribution >= 4 is 21.7 Å². The van der Waals surface area contributed by atoms with Crippen LogP contribution < -0.4 is 0 Å². The fraction of sp³-hybridized carbons (Fsp3) is 0.143. The molecule has 0 bridgehead atoms. The second-order valence-corrected chi connectivity index (χ2v) is 5.06. The second-order valence-electron chi connectivity index (χ2n) is 4.15. The van der Waals surface area contributed by atoms with Crippen molar-refractivity contribution in [1.82, 2.24) is 4.98 Å². The Morgan fingerprint density at radius 1 is 1.12 bits per heavy atom. The van der Waals surface area contributed by atoms with Crippen LogP contribution in [0.25, 0.3) is 0 Å². The number of aromatic nitrogens is 1. The van der Waals surface area contributed by atoms with Crippen molar-refractivity contribution in [2.24, 2.45) is 0 Å². The Labute approximate surface area is 108 Å². The first-order valence-corrected chi connectivity index (χ1v) is 6.32. The summed E-state index contributed by atoms with van der Waals surface area (Å²) in [6.07, 6.45) is 3.45. The lowest BCUT2D eigenvalue weighted by Crippen LogP contribution is -2.06. The topological polar surface area (TPSA) is 30.0 Å². The van der Waals surface area contributed by atoms with Crippen LogP contribution in [0.15, 0.2) is 41.0 Å². The predicted molar refractivity (Wildman–Crippen MR) is 69.2 cm³/mol. The molecule has 0 amide bonds. The van der Waals surface area contributed by atoms with Gasteiger partial charge in [-0.15, -0.1) is 0 Å². The molecule has 0 spiro atoms. The number of carbonyl (C=O) groups excluding carboxylic acids is 1. The summed E-state index contributed by atoms with van der Waals surface area (Å²) < 4.78 is 0.926. The summed E-state index contributed by atoms with van der Waals surface area (Å²) in [6.45, 7) is 0. The van der Waals surface area contributed by atoms with Crippen LogP contribution in [0.3, 0.4) is 0 Å². The average molecular weight is 288 g/mol. The molecule has 0 N–H and O–H groups in total. The van der Waals surface area contributed by atoms with Crippen LogP contribution in [0.2, 0.25) is 0 Å². The van der Waals surface area contributed by atoms with Crippen LogP contribution in [0.4, 0.5) is 0 Å². The zero-order valence-corrected chi connectivity index (χ0v) is 10.7. The minimum Gasteiger partial charge on any atom is -0.287 e. The monoisotopic (exact) mass is 287 g/mol. The molecule has 84 valence electrons. The lowest BCUT2D eigenvalue weighted by atomic mass is 10.0. The first kappa shape index (κ1) is 10.7. The van der Waals surface area contributed by atoms with E-state index in [2.05, 4.69) is 20.9 Å². The third-order valence-electron chi connectivity index (χ3n) is 3.07. The molecule has 1 aromatic heterocycles. The van der Waals surface area contributed by atoms with Gasteiger partial charge < -0.3 is 0 Å². The van der Waals surface area contributed by atoms with Gasteiger partial charge in [0.15, 0.2) is 0 Å². The standard InChI is InChI=1S/C14H10BrNO/c15-11-7-10-6-5-9-3-1-2-4-12(9)14(17)13(10)16-8-11/h1-4,7-8H,5-6H2. The molecule has 2 aromatic rings. The largest absolute Gasteiger partial charge is 0.287 e. The number of hydrogen-bond donors (Lipinski definition) is 0. The summed E-state index contributed by atoms with van der Waals surface area (Å²) in [6, 6.07) is 9.78. The first-order chi connectivity index (χ1) is 8.25. The molecule has 0 saturated carbocycles. The molecule has 3 rings (SSSR count). The lowest BCUT2D eigenvalue weighted by molar-refractivity contribution is 0.103. The van der Waals surface area contributed by atoms with Gasteiger partial charge in [-0.1, -0.05) is 24.3 Å². The van der Waals surface area contributed by atoms with Gasteiger partial charge >= 0.3 is 0 Å². The van der Waals surface area contributed by atoms with Crippen molar-refractivity contribution in [2.75, 3.05) is 0 Å². The zero-order valence-electron chi connectivity index (χ0n) is 9.11. The summed E-state index contributed by atoms with van der Waals surface area (Å²) in [5, 5.41) is 0. The molecule has 1 aromatic carbocycles. The predicted octanol–water partition coefficient (Wildman–Crippen LogP) is 3.17. The Morgan fingerprint density at radius 3 is 2.76 bits per heavy atom. The van der Waals surface area contributed by atoms with E-state index in [1.54, 1.807) is 6.20 Å². The van der Waals surface area contributed by atoms with Crippen LogP contribution in [0.1, 0.15) is 27.2 Å². The zero-order chi connectivity index (χ0) is 11.8. The molecule has 3 heteroatoms. The maximum atomic E-state index is 12.4. The van der Waals surface area contributed by atoms with Gasteiger partial charge in [0.25, 0.3) is 0 Å². The Bertz CT molecular complexity index is 607. The number of halogens is 1. The highest BCUT2D eigenvalue weighted by Crippen LogP contribution is 2.24. The fourth-order valence-electron chi connectivity index (χ4n) is 2.23. The van der Waals surface area contributed by atoms with Gasteiger partial charge in [0.1, 0.15) is 5.69 Å². The molecule has 1 heterocycles. The minimum absolute atomic E-state index is 0.0422. The molecule has 0 unspecified atom stereocenters. The van der Waals surface area contributed by atoms with Crippen LogP contribution in [0.5, 0.6) is 0 Å². The van der Waals surface area contributed by atoms with Crippen molar-refractivity contribution in [3.8, 4) is 0 Å². The summed E-state index contributed by atoms with van der Waals surface area (Å²) >= 11 is 3.40. The number of carbonyl (C=O) groups is 1. The van der Waals surface area contributed by atoms with Crippen molar-refractivity contribution in [1.29, 1.82) is 0 Å². The van der Waals surface area contributed by atoms with Crippen molar-refractivity contribution < 1.29 is 4.79 Å². The van der Waals surface area contributed by atoms with Crippen molar-refractivity contribution in [3.63, 3.8) is 0 Å². The molecular weight excluding hydrogens is 278 g/mol. The number of aryl methyl sites for hydroxylation is 2. The minimum atomic E-state index is 0.0422.